The van der Waals surface area contributed by atoms with Gasteiger partial charge in [-0.3, -0.25) is 4.79 Å². The molecule has 3 aromatic heterocycles. The number of thiophene rings is 1. The van der Waals surface area contributed by atoms with E-state index in [-0.39, 0.29) is 25.9 Å². The quantitative estimate of drug-likeness (QED) is 0.150. The average molecular weight is 556 g/mol. The van der Waals surface area contributed by atoms with Gasteiger partial charge in [-0.25, -0.2) is 27.5 Å². The van der Waals surface area contributed by atoms with Crippen LogP contribution in [0.3, 0.4) is 0 Å². The number of carbonyl (C=O) groups is 1. The lowest BCUT2D eigenvalue weighted by molar-refractivity contribution is -0.195. The molecule has 3 heterocycles. The van der Waals surface area contributed by atoms with Crippen LogP contribution < -0.4 is 21.5 Å². The molecule has 0 saturated carbocycles. The Hall–Kier alpha value is -3.18. The van der Waals surface area contributed by atoms with Crippen LogP contribution in [0.2, 0.25) is 4.34 Å². The lowest BCUT2D eigenvalue weighted by atomic mass is 10.1. The number of hydrogen-bond acceptors (Lipinski definition) is 11. The van der Waals surface area contributed by atoms with Gasteiger partial charge in [0, 0.05) is 16.3 Å². The first-order chi connectivity index (χ1) is 16.7. The van der Waals surface area contributed by atoms with Gasteiger partial charge in [-0.15, -0.1) is 20.7 Å². The van der Waals surface area contributed by atoms with Gasteiger partial charge in [-0.1, -0.05) is 17.7 Å². The minimum Gasteiger partial charge on any atom is -0.494 e. The molecular formula is C19H14ClN5O7S3. The lowest BCUT2D eigenvalue weighted by Crippen LogP contribution is -2.34. The van der Waals surface area contributed by atoms with Crippen molar-refractivity contribution in [2.45, 2.75) is 9.10 Å². The highest BCUT2D eigenvalue weighted by atomic mass is 35.5. The van der Waals surface area contributed by atoms with Crippen molar-refractivity contribution in [2.24, 2.45) is 5.90 Å². The summed E-state index contributed by atoms with van der Waals surface area (Å²) in [5.74, 6) is 4.51. The Morgan fingerprint density at radius 3 is 2.66 bits per heavy atom. The smallest absolute Gasteiger partial charge is 0.333 e. The van der Waals surface area contributed by atoms with Crippen molar-refractivity contribution in [2.75, 3.05) is 5.32 Å². The molecular weight excluding hydrogens is 542 g/mol. The molecule has 4 aromatic rings. The Morgan fingerprint density at radius 1 is 1.20 bits per heavy atom. The highest BCUT2D eigenvalue weighted by Gasteiger charge is 2.20. The Morgan fingerprint density at radius 2 is 2.00 bits per heavy atom. The van der Waals surface area contributed by atoms with Crippen LogP contribution in [0.15, 0.2) is 68.6 Å². The first-order valence-corrected chi connectivity index (χ1v) is 12.7. The number of pyridine rings is 2. The molecule has 0 aliphatic carbocycles. The van der Waals surface area contributed by atoms with Crippen LogP contribution in [0.1, 0.15) is 0 Å². The second-order valence-corrected chi connectivity index (χ2v) is 11.1. The number of halogens is 1. The van der Waals surface area contributed by atoms with E-state index < -0.39 is 21.6 Å². The van der Waals surface area contributed by atoms with E-state index in [1.807, 2.05) is 4.72 Å². The van der Waals surface area contributed by atoms with Crippen LogP contribution in [0.25, 0.3) is 16.6 Å². The Labute approximate surface area is 210 Å². The van der Waals surface area contributed by atoms with Crippen LogP contribution in [0.4, 0.5) is 10.5 Å². The summed E-state index contributed by atoms with van der Waals surface area (Å²) in [4.78, 5) is 33.4. The normalized spacial score (nSPS) is 11.5. The number of nitrogens with one attached hydrogen (secondary N) is 2. The summed E-state index contributed by atoms with van der Waals surface area (Å²) in [6.45, 7) is 0. The van der Waals surface area contributed by atoms with Crippen LogP contribution >= 0.6 is 35.0 Å². The number of aromatic nitrogens is 2. The predicted molar refractivity (Wildman–Crippen MR) is 130 cm³/mol. The molecule has 5 N–H and O–H groups in total. The summed E-state index contributed by atoms with van der Waals surface area (Å²) in [6.07, 6.45) is 1.19. The maximum atomic E-state index is 12.6. The zero-order chi connectivity index (χ0) is 25.2. The molecule has 0 aliphatic heterocycles. The minimum absolute atomic E-state index is 0.0563. The van der Waals surface area contributed by atoms with Gasteiger partial charge in [0.1, 0.15) is 10.0 Å². The van der Waals surface area contributed by atoms with Gasteiger partial charge in [0.2, 0.25) is 5.88 Å². The van der Waals surface area contributed by atoms with Crippen LogP contribution in [0, 0.1) is 0 Å². The third-order valence-electron chi connectivity index (χ3n) is 4.42. The van der Waals surface area contributed by atoms with E-state index in [9.17, 15) is 23.1 Å². The standard InChI is InChI=1S/C19H14ClN5O7S3/c20-14-4-6-17(33-14)35(29,30)24-19(28)23-11-2-5-15(22-9-11)25-16(26)7-10-1-3-12(34-32-31-21)8-13(10)18(25)27/h1-9,27H,21H2,(H2,23,24,28). The first-order valence-electron chi connectivity index (χ1n) is 9.32. The Bertz CT molecular complexity index is 1570. The highest BCUT2D eigenvalue weighted by Crippen LogP contribution is 2.30. The van der Waals surface area contributed by atoms with Gasteiger partial charge >= 0.3 is 6.03 Å². The predicted octanol–water partition coefficient (Wildman–Crippen LogP) is 3.15. The number of nitrogens with two attached hydrogens (primary N) is 1. The van der Waals surface area contributed by atoms with Gasteiger partial charge in [0.15, 0.2) is 0 Å². The minimum atomic E-state index is -4.10. The molecule has 0 spiro atoms. The molecule has 2 amide bonds. The van der Waals surface area contributed by atoms with Crippen LogP contribution in [0.5, 0.6) is 5.88 Å². The van der Waals surface area contributed by atoms with Crippen molar-refractivity contribution < 1.29 is 27.6 Å². The van der Waals surface area contributed by atoms with E-state index >= 15 is 0 Å². The van der Waals surface area contributed by atoms with Crippen LogP contribution in [-0.2, 0) is 19.3 Å². The lowest BCUT2D eigenvalue weighted by Gasteiger charge is -2.12. The summed E-state index contributed by atoms with van der Waals surface area (Å²) in [5.41, 5.74) is -0.416. The zero-order valence-electron chi connectivity index (χ0n) is 17.2. The Balaban J connectivity index is 1.55. The van der Waals surface area contributed by atoms with E-state index in [4.69, 9.17) is 17.5 Å². The molecule has 0 fully saturated rings. The van der Waals surface area contributed by atoms with Crippen molar-refractivity contribution in [3.05, 3.63) is 69.4 Å². The molecule has 35 heavy (non-hydrogen) atoms. The van der Waals surface area contributed by atoms with Gasteiger partial charge in [-0.05, 0) is 41.8 Å². The summed E-state index contributed by atoms with van der Waals surface area (Å²) in [5, 5.41) is 13.9. The number of fused-ring (bicyclic) bond motifs is 1. The Kier molecular flexibility index (Phi) is 7.27. The number of amides is 2. The van der Waals surface area contributed by atoms with Crippen molar-refractivity contribution in [1.82, 2.24) is 14.3 Å². The summed E-state index contributed by atoms with van der Waals surface area (Å²) in [7, 11) is -4.10. The topological polar surface area (TPSA) is 175 Å². The summed E-state index contributed by atoms with van der Waals surface area (Å²) in [6, 6.07) is 10.5. The molecule has 182 valence electrons. The van der Waals surface area contributed by atoms with Gasteiger partial charge in [-0.2, -0.15) is 5.90 Å². The SMILES string of the molecule is NOOSc1ccc2cc(=O)n(-c3ccc(NC(=O)NS(=O)(=O)c4ccc(Cl)s4)cn3)c(O)c2c1. The second-order valence-electron chi connectivity index (χ2n) is 6.66. The van der Waals surface area contributed by atoms with E-state index in [1.165, 1.54) is 36.5 Å². The molecule has 0 saturated heterocycles. The van der Waals surface area contributed by atoms with E-state index in [1.54, 1.807) is 18.2 Å². The fourth-order valence-corrected chi connectivity index (χ4v) is 5.77. The van der Waals surface area contributed by atoms with Crippen molar-refractivity contribution in [3.63, 3.8) is 0 Å². The second kappa shape index (κ2) is 10.2. The maximum Gasteiger partial charge on any atom is 0.333 e. The number of urea groups is 1. The van der Waals surface area contributed by atoms with E-state index in [0.717, 1.165) is 27.9 Å². The first kappa shape index (κ1) is 24.9. The molecule has 0 unspecified atom stereocenters. The third-order valence-corrected chi connectivity index (χ3v) is 8.07. The van der Waals surface area contributed by atoms with Crippen molar-refractivity contribution >= 4 is 67.5 Å². The van der Waals surface area contributed by atoms with Gasteiger partial charge in [0.25, 0.3) is 15.6 Å². The molecule has 12 nitrogen and oxygen atoms in total. The van der Waals surface area contributed by atoms with Crippen molar-refractivity contribution in [3.8, 4) is 11.7 Å². The molecule has 0 bridgehead atoms. The van der Waals surface area contributed by atoms with Gasteiger partial charge < -0.3 is 10.4 Å². The molecule has 16 heteroatoms. The highest BCUT2D eigenvalue weighted by molar-refractivity contribution is 7.94. The number of benzene rings is 1. The third kappa shape index (κ3) is 5.57. The van der Waals surface area contributed by atoms with Gasteiger partial charge in [0.05, 0.1) is 28.3 Å². The molecule has 4 rings (SSSR count). The number of aromatic hydroxyl groups is 1. The summed E-state index contributed by atoms with van der Waals surface area (Å²) < 4.78 is 32.0. The fourth-order valence-electron chi connectivity index (χ4n) is 2.97. The number of carbonyl (C=O) groups excluding carboxylic acids is 1. The maximum absolute atomic E-state index is 12.6. The molecule has 0 radical (unpaired) electrons. The number of rotatable bonds is 7. The molecule has 1 aromatic carbocycles. The van der Waals surface area contributed by atoms with Crippen molar-refractivity contribution in [1.29, 1.82) is 0 Å². The largest absolute Gasteiger partial charge is 0.494 e. The molecule has 0 atom stereocenters. The molecule has 0 aliphatic rings. The van der Waals surface area contributed by atoms with E-state index in [2.05, 4.69) is 19.6 Å². The number of hydrogen-bond donors (Lipinski definition) is 4. The average Bonchev–Trinajstić information content (AvgIpc) is 3.26. The monoisotopic (exact) mass is 555 g/mol. The van der Waals surface area contributed by atoms with E-state index in [0.29, 0.717) is 15.7 Å². The zero-order valence-corrected chi connectivity index (χ0v) is 20.4. The fraction of sp³-hybridized carbons (Fsp3) is 0. The summed E-state index contributed by atoms with van der Waals surface area (Å²) >= 11 is 7.34. The van der Waals surface area contributed by atoms with Crippen LogP contribution in [-0.4, -0.2) is 29.1 Å². The number of nitrogens with zero attached hydrogens (tertiary/aromatic N) is 2. The number of sulfonamides is 1. The number of anilines is 1.